The van der Waals surface area contributed by atoms with E-state index in [4.69, 9.17) is 21.8 Å². The summed E-state index contributed by atoms with van der Waals surface area (Å²) in [6.45, 7) is 0. The maximum atomic E-state index is 9.16. The molecule has 3 aromatic heterocycles. The lowest BCUT2D eigenvalue weighted by Gasteiger charge is -2.14. The van der Waals surface area contributed by atoms with Gasteiger partial charge < -0.3 is 4.57 Å². The smallest absolute Gasteiger partial charge is 0.238 e. The summed E-state index contributed by atoms with van der Waals surface area (Å²) in [4.78, 5) is 15.7. The largest absolute Gasteiger partial charge is 0.307 e. The molecule has 0 saturated carbocycles. The molecule has 0 N–H and O–H groups in total. The first-order chi connectivity index (χ1) is 29.9. The van der Waals surface area contributed by atoms with Crippen molar-refractivity contribution in [2.45, 2.75) is 0 Å². The van der Waals surface area contributed by atoms with E-state index in [2.05, 4.69) is 84.9 Å². The van der Waals surface area contributed by atoms with Crippen molar-refractivity contribution in [3.05, 3.63) is 188 Å². The fourth-order valence-electron chi connectivity index (χ4n) is 8.65. The zero-order chi connectivity index (χ0) is 41.1. The van der Waals surface area contributed by atoms with Gasteiger partial charge in [-0.15, -0.1) is 0 Å². The monoisotopic (exact) mass is 718 g/mol. The van der Waals surface area contributed by atoms with E-state index >= 15 is 0 Å². The molecule has 260 valence electrons. The standard InChI is InChI=1S/C51H31N5/c1-3-15-32(16-4-1)49-52-50(33-27-28-39-37-21-8-7-19-35(37)36-20-9-10-22-38(36)44(39)31-33)54-51(53-49)56-46-26-14-12-24-41(46)43-30-29-42-40-23-11-13-25-45(40)55(47(42)48(43)56)34-17-5-2-6-18-34/h1-31H/i2D,5D,6D,17D,18D. The van der Waals surface area contributed by atoms with Crippen molar-refractivity contribution in [1.29, 1.82) is 0 Å². The number of rotatable bonds is 4. The van der Waals surface area contributed by atoms with Gasteiger partial charge in [0.05, 0.1) is 28.9 Å². The quantitative estimate of drug-likeness (QED) is 0.170. The van der Waals surface area contributed by atoms with E-state index in [9.17, 15) is 0 Å². The van der Waals surface area contributed by atoms with Crippen LogP contribution in [0.15, 0.2) is 188 Å². The van der Waals surface area contributed by atoms with Gasteiger partial charge in [-0.3, -0.25) is 4.57 Å². The van der Waals surface area contributed by atoms with Gasteiger partial charge in [0.25, 0.3) is 0 Å². The molecular weight excluding hydrogens is 683 g/mol. The van der Waals surface area contributed by atoms with Gasteiger partial charge in [0, 0.05) is 38.4 Å². The van der Waals surface area contributed by atoms with Gasteiger partial charge in [0.15, 0.2) is 11.6 Å². The maximum absolute atomic E-state index is 9.16. The van der Waals surface area contributed by atoms with Crippen molar-refractivity contribution in [2.75, 3.05) is 0 Å². The molecular formula is C51H31N5. The van der Waals surface area contributed by atoms with Crippen LogP contribution in [0.3, 0.4) is 0 Å². The highest BCUT2D eigenvalue weighted by atomic mass is 15.2. The summed E-state index contributed by atoms with van der Waals surface area (Å²) in [5.74, 6) is 1.37. The molecule has 5 heteroatoms. The van der Waals surface area contributed by atoms with E-state index in [-0.39, 0.29) is 17.8 Å². The van der Waals surface area contributed by atoms with Crippen molar-refractivity contribution < 1.29 is 6.85 Å². The number of hydrogen-bond acceptors (Lipinski definition) is 3. The minimum atomic E-state index is -0.445. The Morgan fingerprint density at radius 2 is 0.821 bits per heavy atom. The summed E-state index contributed by atoms with van der Waals surface area (Å²) in [5.41, 5.74) is 4.66. The van der Waals surface area contributed by atoms with Gasteiger partial charge in [-0.05, 0) is 62.6 Å². The molecule has 0 fully saturated rings. The predicted octanol–water partition coefficient (Wildman–Crippen LogP) is 12.9. The fourth-order valence-corrected chi connectivity index (χ4v) is 8.65. The molecule has 56 heavy (non-hydrogen) atoms. The number of aromatic nitrogens is 5. The van der Waals surface area contributed by atoms with Crippen molar-refractivity contribution in [2.24, 2.45) is 0 Å². The zero-order valence-corrected chi connectivity index (χ0v) is 29.7. The molecule has 0 unspecified atom stereocenters. The Morgan fingerprint density at radius 3 is 1.45 bits per heavy atom. The van der Waals surface area contributed by atoms with E-state index in [0.29, 0.717) is 28.6 Å². The number of para-hydroxylation sites is 3. The van der Waals surface area contributed by atoms with Gasteiger partial charge in [0.1, 0.15) is 0 Å². The minimum Gasteiger partial charge on any atom is -0.307 e. The van der Waals surface area contributed by atoms with Crippen LogP contribution >= 0.6 is 0 Å². The van der Waals surface area contributed by atoms with Crippen LogP contribution in [0.25, 0.3) is 110 Å². The van der Waals surface area contributed by atoms with Crippen molar-refractivity contribution in [3.8, 4) is 34.4 Å². The number of hydrogen-bond donors (Lipinski definition) is 0. The van der Waals surface area contributed by atoms with E-state index in [0.717, 1.165) is 59.9 Å². The average molecular weight is 719 g/mol. The van der Waals surface area contributed by atoms with E-state index in [1.807, 2.05) is 81.9 Å². The van der Waals surface area contributed by atoms with Gasteiger partial charge >= 0.3 is 0 Å². The zero-order valence-electron chi connectivity index (χ0n) is 34.7. The first kappa shape index (κ1) is 26.2. The molecule has 0 amide bonds. The maximum Gasteiger partial charge on any atom is 0.238 e. The third-order valence-corrected chi connectivity index (χ3v) is 11.0. The Balaban J connectivity index is 1.22. The van der Waals surface area contributed by atoms with Gasteiger partial charge in [0.2, 0.25) is 5.95 Å². The average Bonchev–Trinajstić information content (AvgIpc) is 3.83. The first-order valence-electron chi connectivity index (χ1n) is 21.1. The predicted molar refractivity (Wildman–Crippen MR) is 232 cm³/mol. The molecule has 0 aliphatic carbocycles. The Labute approximate surface area is 328 Å². The summed E-state index contributed by atoms with van der Waals surface area (Å²) in [7, 11) is 0. The highest BCUT2D eigenvalue weighted by molar-refractivity contribution is 6.26. The summed E-state index contributed by atoms with van der Waals surface area (Å²) >= 11 is 0. The molecule has 0 saturated heterocycles. The van der Waals surface area contributed by atoms with Crippen LogP contribution in [0.4, 0.5) is 0 Å². The molecule has 0 aliphatic rings. The van der Waals surface area contributed by atoms with E-state index < -0.39 is 18.1 Å². The number of nitrogens with zero attached hydrogens (tertiary/aromatic N) is 5. The lowest BCUT2D eigenvalue weighted by atomic mass is 9.93. The lowest BCUT2D eigenvalue weighted by molar-refractivity contribution is 0.953. The first-order valence-corrected chi connectivity index (χ1v) is 18.6. The summed E-state index contributed by atoms with van der Waals surface area (Å²) in [5, 5.41) is 10.5. The second-order valence-corrected chi connectivity index (χ2v) is 14.0. The molecule has 0 atom stereocenters. The molecule has 0 spiro atoms. The second-order valence-electron chi connectivity index (χ2n) is 14.0. The molecule has 3 heterocycles. The molecule has 0 radical (unpaired) electrons. The number of fused-ring (bicyclic) bond motifs is 13. The Kier molecular flexibility index (Phi) is 5.58. The van der Waals surface area contributed by atoms with Crippen LogP contribution in [0.1, 0.15) is 6.85 Å². The van der Waals surface area contributed by atoms with Crippen LogP contribution in [0.5, 0.6) is 0 Å². The Morgan fingerprint density at radius 1 is 0.357 bits per heavy atom. The SMILES string of the molecule is [2H]c1c([2H])c([2H])c(-n2c3ccccc3c3ccc4c5ccccc5n(-c5nc(-c6ccccc6)nc(-c6ccc7c8ccccc8c8ccccc8c7c6)n5)c4c32)c([2H])c1[2H]. The molecule has 0 aliphatic heterocycles. The highest BCUT2D eigenvalue weighted by Crippen LogP contribution is 2.42. The highest BCUT2D eigenvalue weighted by Gasteiger charge is 2.23. The van der Waals surface area contributed by atoms with Gasteiger partial charge in [-0.1, -0.05) is 158 Å². The summed E-state index contributed by atoms with van der Waals surface area (Å²) in [6, 6.07) is 51.5. The minimum absolute atomic E-state index is 0.0683. The molecule has 5 nitrogen and oxygen atoms in total. The van der Waals surface area contributed by atoms with Crippen molar-refractivity contribution in [3.63, 3.8) is 0 Å². The van der Waals surface area contributed by atoms with Crippen LogP contribution in [0, 0.1) is 0 Å². The van der Waals surface area contributed by atoms with E-state index in [1.54, 1.807) is 0 Å². The molecule has 9 aromatic carbocycles. The molecule has 0 bridgehead atoms. The molecule has 12 rings (SSSR count). The lowest BCUT2D eigenvalue weighted by Crippen LogP contribution is -2.07. The third-order valence-electron chi connectivity index (χ3n) is 11.0. The van der Waals surface area contributed by atoms with Crippen LogP contribution in [0.2, 0.25) is 0 Å². The van der Waals surface area contributed by atoms with Gasteiger partial charge in [-0.2, -0.15) is 9.97 Å². The van der Waals surface area contributed by atoms with Gasteiger partial charge in [-0.25, -0.2) is 4.98 Å². The summed E-state index contributed by atoms with van der Waals surface area (Å²) in [6.07, 6.45) is 0. The summed E-state index contributed by atoms with van der Waals surface area (Å²) < 4.78 is 47.9. The number of benzene rings is 9. The molecule has 12 aromatic rings. The topological polar surface area (TPSA) is 48.5 Å². The van der Waals surface area contributed by atoms with Crippen LogP contribution in [-0.2, 0) is 0 Å². The third kappa shape index (κ3) is 4.46. The van der Waals surface area contributed by atoms with Crippen molar-refractivity contribution in [1.82, 2.24) is 24.1 Å². The Bertz CT molecular complexity index is 3770. The fraction of sp³-hybridized carbons (Fsp3) is 0. The van der Waals surface area contributed by atoms with Crippen LogP contribution < -0.4 is 0 Å². The van der Waals surface area contributed by atoms with Crippen LogP contribution in [-0.4, -0.2) is 24.1 Å². The normalized spacial score (nSPS) is 13.2. The van der Waals surface area contributed by atoms with E-state index in [1.165, 1.54) is 16.2 Å². The second kappa shape index (κ2) is 11.9. The Hall–Kier alpha value is -7.63. The van der Waals surface area contributed by atoms with Crippen molar-refractivity contribution >= 4 is 75.9 Å².